The van der Waals surface area contributed by atoms with Gasteiger partial charge < -0.3 is 14.2 Å². The summed E-state index contributed by atoms with van der Waals surface area (Å²) in [7, 11) is 5.27. The number of nitrogens with zero attached hydrogens (tertiary/aromatic N) is 2. The first-order valence-electron chi connectivity index (χ1n) is 8.03. The lowest BCUT2D eigenvalue weighted by Gasteiger charge is -2.17. The maximum absolute atomic E-state index is 5.68. The topological polar surface area (TPSA) is 45.5 Å². The van der Waals surface area contributed by atoms with E-state index in [9.17, 15) is 0 Å². The molecule has 0 aliphatic carbocycles. The Hall–Kier alpha value is -2.05. The molecule has 1 aromatic heterocycles. The second-order valence-electron chi connectivity index (χ2n) is 5.64. The number of hydrogen-bond acceptors (Lipinski definition) is 4. The van der Waals surface area contributed by atoms with Crippen molar-refractivity contribution in [2.24, 2.45) is 7.05 Å². The van der Waals surface area contributed by atoms with E-state index >= 15 is 0 Å². The molecule has 1 heterocycles. The summed E-state index contributed by atoms with van der Waals surface area (Å²) in [6, 6.07) is 8.07. The van der Waals surface area contributed by atoms with Gasteiger partial charge in [-0.2, -0.15) is 5.10 Å². The number of fused-ring (bicyclic) bond motifs is 1. The number of methoxy groups -OCH3 is 2. The van der Waals surface area contributed by atoms with Gasteiger partial charge >= 0.3 is 0 Å². The highest BCUT2D eigenvalue weighted by Gasteiger charge is 2.19. The third kappa shape index (κ3) is 3.24. The molecule has 0 saturated heterocycles. The smallest absolute Gasteiger partial charge is 0.130 e. The Kier molecular flexibility index (Phi) is 5.30. The van der Waals surface area contributed by atoms with Gasteiger partial charge in [-0.05, 0) is 30.7 Å². The summed E-state index contributed by atoms with van der Waals surface area (Å²) in [6.45, 7) is 3.16. The third-order valence-electron chi connectivity index (χ3n) is 4.16. The van der Waals surface area contributed by atoms with E-state index in [1.807, 2.05) is 43.0 Å². The van der Waals surface area contributed by atoms with Crippen molar-refractivity contribution in [2.75, 3.05) is 20.8 Å². The summed E-state index contributed by atoms with van der Waals surface area (Å²) < 4.78 is 19.8. The van der Waals surface area contributed by atoms with Crippen LogP contribution in [0.4, 0.5) is 0 Å². The number of aromatic nitrogens is 2. The van der Waals surface area contributed by atoms with Gasteiger partial charge in [-0.15, -0.1) is 0 Å². The van der Waals surface area contributed by atoms with Crippen molar-refractivity contribution in [1.82, 2.24) is 9.78 Å². The zero-order chi connectivity index (χ0) is 18.0. The number of hydrogen-bond donors (Lipinski definition) is 0. The van der Waals surface area contributed by atoms with E-state index in [0.29, 0.717) is 13.2 Å². The van der Waals surface area contributed by atoms with Crippen molar-refractivity contribution < 1.29 is 14.2 Å². The molecule has 0 bridgehead atoms. The van der Waals surface area contributed by atoms with E-state index in [1.54, 1.807) is 14.2 Å². The molecule has 3 aromatic rings. The second-order valence-corrected chi connectivity index (χ2v) is 6.49. The van der Waals surface area contributed by atoms with Gasteiger partial charge in [0.2, 0.25) is 0 Å². The van der Waals surface area contributed by atoms with Crippen LogP contribution in [0.15, 0.2) is 34.9 Å². The first-order valence-corrected chi connectivity index (χ1v) is 8.83. The van der Waals surface area contributed by atoms with Crippen molar-refractivity contribution in [3.05, 3.63) is 40.5 Å². The van der Waals surface area contributed by atoms with Crippen LogP contribution in [-0.4, -0.2) is 30.6 Å². The van der Waals surface area contributed by atoms with E-state index in [0.717, 1.165) is 43.6 Å². The van der Waals surface area contributed by atoms with Crippen LogP contribution in [-0.2, 0) is 18.4 Å². The number of ether oxygens (including phenoxy) is 3. The Balaban J connectivity index is 2.26. The molecule has 132 valence electrons. The summed E-state index contributed by atoms with van der Waals surface area (Å²) in [5, 5.41) is 5.44. The van der Waals surface area contributed by atoms with Crippen LogP contribution in [0.25, 0.3) is 22.0 Å². The normalized spacial score (nSPS) is 11.1. The van der Waals surface area contributed by atoms with Gasteiger partial charge in [0.25, 0.3) is 0 Å². The fraction of sp³-hybridized carbons (Fsp3) is 0.316. The van der Waals surface area contributed by atoms with E-state index in [-0.39, 0.29) is 0 Å². The SMILES string of the molecule is CCOCc1cc(OC)c(-c2ccc(Br)c3cnn(C)c23)c(OC)c1. The first kappa shape index (κ1) is 17.8. The standard InChI is InChI=1S/C19H21BrN2O3/c1-5-25-11-12-8-16(23-3)18(17(9-12)24-4)13-6-7-15(20)14-10-21-22(2)19(13)14/h6-10H,5,11H2,1-4H3. The van der Waals surface area contributed by atoms with Gasteiger partial charge in [0.1, 0.15) is 11.5 Å². The lowest BCUT2D eigenvalue weighted by molar-refractivity contribution is 0.133. The van der Waals surface area contributed by atoms with Crippen LogP contribution in [0, 0.1) is 0 Å². The summed E-state index contributed by atoms with van der Waals surface area (Å²) in [5.74, 6) is 1.50. The molecule has 5 nitrogen and oxygen atoms in total. The summed E-state index contributed by atoms with van der Waals surface area (Å²) in [4.78, 5) is 0. The van der Waals surface area contributed by atoms with Crippen LogP contribution in [0.2, 0.25) is 0 Å². The summed E-state index contributed by atoms with van der Waals surface area (Å²) in [6.07, 6.45) is 1.85. The Morgan fingerprint density at radius 3 is 2.40 bits per heavy atom. The van der Waals surface area contributed by atoms with Crippen molar-refractivity contribution in [3.63, 3.8) is 0 Å². The predicted octanol–water partition coefficient (Wildman–Crippen LogP) is 4.56. The fourth-order valence-electron chi connectivity index (χ4n) is 2.99. The summed E-state index contributed by atoms with van der Waals surface area (Å²) >= 11 is 3.60. The van der Waals surface area contributed by atoms with Crippen LogP contribution in [0.3, 0.4) is 0 Å². The predicted molar refractivity (Wildman–Crippen MR) is 102 cm³/mol. The van der Waals surface area contributed by atoms with E-state index in [4.69, 9.17) is 14.2 Å². The molecule has 3 rings (SSSR count). The first-order chi connectivity index (χ1) is 12.1. The van der Waals surface area contributed by atoms with Gasteiger partial charge in [0, 0.05) is 29.1 Å². The minimum absolute atomic E-state index is 0.519. The average Bonchev–Trinajstić information content (AvgIpc) is 3.02. The largest absolute Gasteiger partial charge is 0.496 e. The molecular weight excluding hydrogens is 384 g/mol. The van der Waals surface area contributed by atoms with Gasteiger partial charge in [-0.3, -0.25) is 4.68 Å². The average molecular weight is 405 g/mol. The molecule has 0 unspecified atom stereocenters. The van der Waals surface area contributed by atoms with E-state index in [2.05, 4.69) is 27.1 Å². The van der Waals surface area contributed by atoms with E-state index < -0.39 is 0 Å². The van der Waals surface area contributed by atoms with Gasteiger partial charge in [0.05, 0.1) is 38.1 Å². The Morgan fingerprint density at radius 2 is 1.80 bits per heavy atom. The zero-order valence-corrected chi connectivity index (χ0v) is 16.4. The number of benzene rings is 2. The molecule has 6 heteroatoms. The molecule has 0 amide bonds. The molecule has 2 aromatic carbocycles. The molecule has 0 saturated carbocycles. The van der Waals surface area contributed by atoms with Crippen LogP contribution >= 0.6 is 15.9 Å². The van der Waals surface area contributed by atoms with Crippen molar-refractivity contribution in [2.45, 2.75) is 13.5 Å². The maximum Gasteiger partial charge on any atom is 0.130 e. The van der Waals surface area contributed by atoms with Gasteiger partial charge in [-0.25, -0.2) is 0 Å². The number of halogens is 1. The van der Waals surface area contributed by atoms with Crippen molar-refractivity contribution >= 4 is 26.8 Å². The molecule has 0 fully saturated rings. The molecule has 0 atom stereocenters. The van der Waals surface area contributed by atoms with Crippen molar-refractivity contribution in [3.8, 4) is 22.6 Å². The van der Waals surface area contributed by atoms with Gasteiger partial charge in [0.15, 0.2) is 0 Å². The zero-order valence-electron chi connectivity index (χ0n) is 14.8. The molecular formula is C19H21BrN2O3. The van der Waals surface area contributed by atoms with E-state index in [1.165, 1.54) is 0 Å². The Bertz CT molecular complexity index is 880. The molecule has 0 radical (unpaired) electrons. The fourth-order valence-corrected chi connectivity index (χ4v) is 3.42. The molecule has 0 aliphatic heterocycles. The minimum Gasteiger partial charge on any atom is -0.496 e. The lowest BCUT2D eigenvalue weighted by atomic mass is 9.99. The molecule has 25 heavy (non-hydrogen) atoms. The number of rotatable bonds is 6. The second kappa shape index (κ2) is 7.45. The highest BCUT2D eigenvalue weighted by molar-refractivity contribution is 9.10. The summed E-state index contributed by atoms with van der Waals surface area (Å²) in [5.41, 5.74) is 3.95. The molecule has 0 N–H and O–H groups in total. The molecule has 0 aliphatic rings. The minimum atomic E-state index is 0.519. The number of aryl methyl sites for hydroxylation is 1. The maximum atomic E-state index is 5.68. The monoisotopic (exact) mass is 404 g/mol. The highest BCUT2D eigenvalue weighted by atomic mass is 79.9. The third-order valence-corrected chi connectivity index (χ3v) is 4.85. The lowest BCUT2D eigenvalue weighted by Crippen LogP contribution is -2.00. The highest BCUT2D eigenvalue weighted by Crippen LogP contribution is 2.43. The van der Waals surface area contributed by atoms with Crippen LogP contribution in [0.5, 0.6) is 11.5 Å². The quantitative estimate of drug-likeness (QED) is 0.604. The Morgan fingerprint density at radius 1 is 1.12 bits per heavy atom. The van der Waals surface area contributed by atoms with Crippen LogP contribution in [0.1, 0.15) is 12.5 Å². The Labute approximate surface area is 155 Å². The molecule has 0 spiro atoms. The van der Waals surface area contributed by atoms with Gasteiger partial charge in [-0.1, -0.05) is 22.0 Å². The van der Waals surface area contributed by atoms with Crippen molar-refractivity contribution in [1.29, 1.82) is 0 Å². The van der Waals surface area contributed by atoms with Crippen LogP contribution < -0.4 is 9.47 Å².